The van der Waals surface area contributed by atoms with Crippen molar-refractivity contribution < 1.29 is 9.47 Å². The van der Waals surface area contributed by atoms with E-state index in [1.807, 2.05) is 17.8 Å². The molecule has 0 bridgehead atoms. The number of thioether (sulfide) groups is 2. The minimum absolute atomic E-state index is 0.610. The number of methoxy groups -OCH3 is 2. The van der Waals surface area contributed by atoms with Crippen LogP contribution >= 0.6 is 23.5 Å². The lowest BCUT2D eigenvalue weighted by molar-refractivity contribution is 0.390. The molecule has 0 fully saturated rings. The molecule has 0 aliphatic carbocycles. The lowest BCUT2D eigenvalue weighted by Gasteiger charge is -2.14. The van der Waals surface area contributed by atoms with Crippen LogP contribution in [0.5, 0.6) is 11.5 Å². The summed E-state index contributed by atoms with van der Waals surface area (Å²) >= 11 is 3.64. The van der Waals surface area contributed by atoms with E-state index in [1.165, 1.54) is 0 Å². The Labute approximate surface area is 118 Å². The Balaban J connectivity index is 2.94. The Bertz CT molecular complexity index is 372. The molecule has 0 aromatic heterocycles. The van der Waals surface area contributed by atoms with E-state index in [1.54, 1.807) is 26.0 Å². The second kappa shape index (κ2) is 8.56. The summed E-state index contributed by atoms with van der Waals surface area (Å²) in [6, 6.07) is 4.09. The van der Waals surface area contributed by atoms with Crippen LogP contribution in [0.1, 0.15) is 5.56 Å². The molecule has 0 radical (unpaired) electrons. The van der Waals surface area contributed by atoms with Crippen LogP contribution in [0, 0.1) is 0 Å². The number of rotatable bonds is 8. The van der Waals surface area contributed by atoms with Gasteiger partial charge < -0.3 is 15.2 Å². The molecule has 1 aromatic carbocycles. The van der Waals surface area contributed by atoms with Crippen molar-refractivity contribution in [2.75, 3.05) is 38.5 Å². The third-order valence-electron chi connectivity index (χ3n) is 2.53. The molecule has 0 atom stereocenters. The molecule has 0 unspecified atom stereocenters. The fraction of sp³-hybridized carbons (Fsp3) is 0.538. The van der Waals surface area contributed by atoms with Gasteiger partial charge in [-0.1, -0.05) is 0 Å². The molecule has 2 N–H and O–H groups in total. The van der Waals surface area contributed by atoms with Gasteiger partial charge in [0.1, 0.15) is 11.5 Å². The lowest BCUT2D eigenvalue weighted by atomic mass is 10.1. The zero-order valence-electron chi connectivity index (χ0n) is 11.2. The first-order valence-corrected chi connectivity index (χ1v) is 8.21. The van der Waals surface area contributed by atoms with Crippen molar-refractivity contribution in [3.63, 3.8) is 0 Å². The number of hydrogen-bond donors (Lipinski definition) is 1. The van der Waals surface area contributed by atoms with E-state index in [0.29, 0.717) is 6.54 Å². The molecule has 5 heteroatoms. The fourth-order valence-corrected chi connectivity index (χ4v) is 3.33. The van der Waals surface area contributed by atoms with Gasteiger partial charge in [0.2, 0.25) is 0 Å². The predicted octanol–water partition coefficient (Wildman–Crippen LogP) is 2.66. The molecule has 0 aliphatic heterocycles. The average molecular weight is 287 g/mol. The highest BCUT2D eigenvalue weighted by atomic mass is 32.2. The molecular weight excluding hydrogens is 266 g/mol. The molecule has 1 aromatic rings. The molecule has 0 aliphatic rings. The second-order valence-electron chi connectivity index (χ2n) is 3.69. The monoisotopic (exact) mass is 287 g/mol. The van der Waals surface area contributed by atoms with Crippen molar-refractivity contribution >= 4 is 23.5 Å². The summed E-state index contributed by atoms with van der Waals surface area (Å²) in [7, 11) is 3.39. The van der Waals surface area contributed by atoms with Gasteiger partial charge in [0.25, 0.3) is 0 Å². The van der Waals surface area contributed by atoms with Crippen molar-refractivity contribution in [3.05, 3.63) is 17.7 Å². The zero-order valence-corrected chi connectivity index (χ0v) is 12.8. The third-order valence-corrected chi connectivity index (χ3v) is 4.43. The van der Waals surface area contributed by atoms with Crippen LogP contribution in [0.25, 0.3) is 0 Å². The molecule has 0 heterocycles. The van der Waals surface area contributed by atoms with Gasteiger partial charge in [0.05, 0.1) is 19.1 Å². The Morgan fingerprint density at radius 3 is 2.39 bits per heavy atom. The Morgan fingerprint density at radius 1 is 1.11 bits per heavy atom. The lowest BCUT2D eigenvalue weighted by Crippen LogP contribution is -2.05. The Hall–Kier alpha value is -0.520. The quantitative estimate of drug-likeness (QED) is 0.588. The normalized spacial score (nSPS) is 10.4. The van der Waals surface area contributed by atoms with E-state index in [0.717, 1.165) is 39.9 Å². The molecule has 0 amide bonds. The molecule has 102 valence electrons. The first-order valence-electron chi connectivity index (χ1n) is 5.83. The molecule has 1 rings (SSSR count). The van der Waals surface area contributed by atoms with Crippen LogP contribution in [-0.4, -0.2) is 38.5 Å². The fourth-order valence-electron chi connectivity index (χ4n) is 1.63. The van der Waals surface area contributed by atoms with E-state index in [9.17, 15) is 0 Å². The summed E-state index contributed by atoms with van der Waals surface area (Å²) in [5, 5.41) is 0. The van der Waals surface area contributed by atoms with Crippen molar-refractivity contribution in [1.29, 1.82) is 0 Å². The third kappa shape index (κ3) is 4.30. The highest BCUT2D eigenvalue weighted by Gasteiger charge is 2.11. The summed E-state index contributed by atoms with van der Waals surface area (Å²) in [6.07, 6.45) is 2.91. The molecule has 0 saturated heterocycles. The summed E-state index contributed by atoms with van der Waals surface area (Å²) < 4.78 is 10.9. The minimum atomic E-state index is 0.610. The standard InChI is InChI=1S/C13H21NO2S2/c1-15-11-9-13(18-7-6-17-3)12(16-2)8-10(11)4-5-14/h8-9H,4-7,14H2,1-3H3. The molecular formula is C13H21NO2S2. The smallest absolute Gasteiger partial charge is 0.132 e. The first-order chi connectivity index (χ1) is 8.76. The van der Waals surface area contributed by atoms with Gasteiger partial charge in [-0.3, -0.25) is 0 Å². The van der Waals surface area contributed by atoms with Crippen LogP contribution in [0.3, 0.4) is 0 Å². The maximum atomic E-state index is 5.61. The van der Waals surface area contributed by atoms with E-state index < -0.39 is 0 Å². The number of ether oxygens (including phenoxy) is 2. The van der Waals surface area contributed by atoms with E-state index in [4.69, 9.17) is 15.2 Å². The molecule has 0 spiro atoms. The summed E-state index contributed by atoms with van der Waals surface area (Å²) in [5.41, 5.74) is 6.71. The van der Waals surface area contributed by atoms with Crippen molar-refractivity contribution in [2.45, 2.75) is 11.3 Å². The van der Waals surface area contributed by atoms with Gasteiger partial charge in [0, 0.05) is 11.5 Å². The number of hydrogen-bond acceptors (Lipinski definition) is 5. The van der Waals surface area contributed by atoms with Crippen LogP contribution in [0.15, 0.2) is 17.0 Å². The van der Waals surface area contributed by atoms with Gasteiger partial charge in [-0.2, -0.15) is 11.8 Å². The predicted molar refractivity (Wildman–Crippen MR) is 81.4 cm³/mol. The average Bonchev–Trinajstić information content (AvgIpc) is 2.40. The molecule has 3 nitrogen and oxygen atoms in total. The van der Waals surface area contributed by atoms with Gasteiger partial charge in [-0.25, -0.2) is 0 Å². The topological polar surface area (TPSA) is 44.5 Å². The highest BCUT2D eigenvalue weighted by molar-refractivity contribution is 8.02. The summed E-state index contributed by atoms with van der Waals surface area (Å²) in [5.74, 6) is 4.00. The SMILES string of the molecule is COc1cc(SCCSC)c(OC)cc1CCN. The molecule has 18 heavy (non-hydrogen) atoms. The van der Waals surface area contributed by atoms with E-state index >= 15 is 0 Å². The van der Waals surface area contributed by atoms with E-state index in [2.05, 4.69) is 12.3 Å². The summed E-state index contributed by atoms with van der Waals surface area (Å²) in [4.78, 5) is 1.13. The summed E-state index contributed by atoms with van der Waals surface area (Å²) in [6.45, 7) is 0.610. The van der Waals surface area contributed by atoms with Gasteiger partial charge in [-0.15, -0.1) is 11.8 Å². The second-order valence-corrected chi connectivity index (χ2v) is 5.82. The van der Waals surface area contributed by atoms with Crippen LogP contribution in [0.2, 0.25) is 0 Å². The molecule has 0 saturated carbocycles. The maximum Gasteiger partial charge on any atom is 0.132 e. The van der Waals surface area contributed by atoms with Gasteiger partial charge >= 0.3 is 0 Å². The number of nitrogens with two attached hydrogens (primary N) is 1. The van der Waals surface area contributed by atoms with Crippen molar-refractivity contribution in [2.24, 2.45) is 5.73 Å². The van der Waals surface area contributed by atoms with E-state index in [-0.39, 0.29) is 0 Å². The highest BCUT2D eigenvalue weighted by Crippen LogP contribution is 2.36. The van der Waals surface area contributed by atoms with Gasteiger partial charge in [0.15, 0.2) is 0 Å². The largest absolute Gasteiger partial charge is 0.496 e. The van der Waals surface area contributed by atoms with Crippen LogP contribution in [0.4, 0.5) is 0 Å². The number of benzene rings is 1. The van der Waals surface area contributed by atoms with Gasteiger partial charge in [-0.05, 0) is 36.9 Å². The zero-order chi connectivity index (χ0) is 13.4. The van der Waals surface area contributed by atoms with Crippen LogP contribution < -0.4 is 15.2 Å². The Morgan fingerprint density at radius 2 is 1.83 bits per heavy atom. The minimum Gasteiger partial charge on any atom is -0.496 e. The maximum absolute atomic E-state index is 5.61. The first kappa shape index (κ1) is 15.5. The Kier molecular flexibility index (Phi) is 7.39. The van der Waals surface area contributed by atoms with Crippen molar-refractivity contribution in [3.8, 4) is 11.5 Å². The van der Waals surface area contributed by atoms with Crippen molar-refractivity contribution in [1.82, 2.24) is 0 Å². The van der Waals surface area contributed by atoms with Crippen LogP contribution in [-0.2, 0) is 6.42 Å².